The smallest absolute Gasteiger partial charge is 0.270 e. The predicted octanol–water partition coefficient (Wildman–Crippen LogP) is 5.53. The van der Waals surface area contributed by atoms with E-state index in [2.05, 4.69) is 5.32 Å². The van der Waals surface area contributed by atoms with Gasteiger partial charge in [-0.3, -0.25) is 24.6 Å². The van der Waals surface area contributed by atoms with Gasteiger partial charge in [-0.2, -0.15) is 0 Å². The highest BCUT2D eigenvalue weighted by atomic mass is 35.5. The Labute approximate surface area is 228 Å². The van der Waals surface area contributed by atoms with Gasteiger partial charge in [0.05, 0.1) is 5.69 Å². The highest BCUT2D eigenvalue weighted by Gasteiger charge is 2.34. The number of benzene rings is 3. The molecule has 2 amide bonds. The molecule has 38 heavy (non-hydrogen) atoms. The Kier molecular flexibility index (Phi) is 6.91. The Hall–Kier alpha value is -4.53. The molecule has 1 aliphatic rings. The van der Waals surface area contributed by atoms with Gasteiger partial charge in [-0.25, -0.2) is 0 Å². The number of hydrogen-bond acceptors (Lipinski definition) is 5. The molecule has 7 nitrogen and oxygen atoms in total. The van der Waals surface area contributed by atoms with Crippen LogP contribution in [0.25, 0.3) is 6.08 Å². The second kappa shape index (κ2) is 10.5. The molecular formula is C29H20ClN3O4S. The zero-order chi connectivity index (χ0) is 26.8. The minimum atomic E-state index is -0.621. The summed E-state index contributed by atoms with van der Waals surface area (Å²) in [6, 6.07) is 24.3. The number of aromatic nitrogens is 1. The third kappa shape index (κ3) is 5.13. The van der Waals surface area contributed by atoms with Crippen molar-refractivity contribution in [3.05, 3.63) is 119 Å². The summed E-state index contributed by atoms with van der Waals surface area (Å²) in [5, 5.41) is 2.99. The lowest BCUT2D eigenvalue weighted by atomic mass is 10.1. The summed E-state index contributed by atoms with van der Waals surface area (Å²) in [7, 11) is 1.72. The van der Waals surface area contributed by atoms with E-state index in [1.54, 1.807) is 72.4 Å². The van der Waals surface area contributed by atoms with Gasteiger partial charge in [-0.1, -0.05) is 41.9 Å². The molecule has 2 heterocycles. The van der Waals surface area contributed by atoms with Crippen LogP contribution in [0.5, 0.6) is 11.5 Å². The number of hydrogen-bond donors (Lipinski definition) is 1. The van der Waals surface area contributed by atoms with Gasteiger partial charge in [0.1, 0.15) is 17.1 Å². The number of amides is 2. The standard InChI is InChI=1S/C29H20ClN3O4S/c1-32-17-19(26(34)18-6-5-7-20(30)14-18)15-22(32)16-25-27(35)31-29(38)33(28(25)36)21-10-12-24(13-11-21)37-23-8-3-2-4-9-23/h2-17H,1H3,(H,31,35,38). The number of carbonyl (C=O) groups is 3. The third-order valence-electron chi connectivity index (χ3n) is 5.86. The Morgan fingerprint density at radius 2 is 1.63 bits per heavy atom. The van der Waals surface area contributed by atoms with Crippen LogP contribution in [0.2, 0.25) is 5.02 Å². The van der Waals surface area contributed by atoms with Crippen molar-refractivity contribution in [2.45, 2.75) is 0 Å². The molecule has 0 radical (unpaired) electrons. The number of rotatable bonds is 6. The zero-order valence-electron chi connectivity index (χ0n) is 20.1. The molecule has 1 aliphatic heterocycles. The Morgan fingerprint density at radius 1 is 0.921 bits per heavy atom. The minimum Gasteiger partial charge on any atom is -0.457 e. The van der Waals surface area contributed by atoms with E-state index in [0.29, 0.717) is 39.0 Å². The van der Waals surface area contributed by atoms with Gasteiger partial charge in [0.25, 0.3) is 11.8 Å². The van der Waals surface area contributed by atoms with Crippen LogP contribution in [0.1, 0.15) is 21.6 Å². The number of halogens is 1. The summed E-state index contributed by atoms with van der Waals surface area (Å²) in [4.78, 5) is 40.3. The molecule has 0 aliphatic carbocycles. The molecule has 1 N–H and O–H groups in total. The van der Waals surface area contributed by atoms with Gasteiger partial charge in [-0.05, 0) is 72.9 Å². The number of para-hydroxylation sites is 1. The van der Waals surface area contributed by atoms with E-state index < -0.39 is 11.8 Å². The van der Waals surface area contributed by atoms with Crippen LogP contribution in [0, 0.1) is 0 Å². The fourth-order valence-electron chi connectivity index (χ4n) is 3.97. The number of anilines is 1. The van der Waals surface area contributed by atoms with Crippen molar-refractivity contribution < 1.29 is 19.1 Å². The van der Waals surface area contributed by atoms with Crippen LogP contribution in [0.4, 0.5) is 5.69 Å². The molecule has 1 saturated heterocycles. The lowest BCUT2D eigenvalue weighted by Crippen LogP contribution is -2.54. The molecule has 1 aromatic heterocycles. The maximum Gasteiger partial charge on any atom is 0.270 e. The molecule has 4 aromatic rings. The van der Waals surface area contributed by atoms with Crippen molar-refractivity contribution in [3.63, 3.8) is 0 Å². The van der Waals surface area contributed by atoms with Crippen molar-refractivity contribution in [3.8, 4) is 11.5 Å². The maximum absolute atomic E-state index is 13.4. The predicted molar refractivity (Wildman–Crippen MR) is 149 cm³/mol. The van der Waals surface area contributed by atoms with E-state index >= 15 is 0 Å². The van der Waals surface area contributed by atoms with Crippen molar-refractivity contribution in [1.29, 1.82) is 0 Å². The summed E-state index contributed by atoms with van der Waals surface area (Å²) < 4.78 is 7.47. The monoisotopic (exact) mass is 541 g/mol. The molecule has 0 atom stereocenters. The molecule has 9 heteroatoms. The van der Waals surface area contributed by atoms with E-state index in [1.807, 2.05) is 30.3 Å². The SMILES string of the molecule is Cn1cc(C(=O)c2cccc(Cl)c2)cc1C=C1C(=O)NC(=S)N(c2ccc(Oc3ccccc3)cc2)C1=O. The van der Waals surface area contributed by atoms with Crippen LogP contribution >= 0.6 is 23.8 Å². The largest absolute Gasteiger partial charge is 0.457 e. The number of nitrogens with one attached hydrogen (secondary N) is 1. The molecule has 0 bridgehead atoms. The van der Waals surface area contributed by atoms with Crippen molar-refractivity contribution >= 4 is 58.3 Å². The van der Waals surface area contributed by atoms with Gasteiger partial charge in [0.15, 0.2) is 10.9 Å². The number of thiocarbonyl (C=S) groups is 1. The summed E-state index contributed by atoms with van der Waals surface area (Å²) in [5.41, 5.74) is 1.67. The van der Waals surface area contributed by atoms with E-state index in [9.17, 15) is 14.4 Å². The molecule has 0 spiro atoms. The summed E-state index contributed by atoms with van der Waals surface area (Å²) in [5.74, 6) is -0.176. The number of aryl methyl sites for hydroxylation is 1. The van der Waals surface area contributed by atoms with E-state index in [-0.39, 0.29) is 16.5 Å². The van der Waals surface area contributed by atoms with E-state index in [1.165, 1.54) is 11.0 Å². The molecule has 5 rings (SSSR count). The first-order valence-corrected chi connectivity index (χ1v) is 12.3. The second-order valence-corrected chi connectivity index (χ2v) is 9.29. The molecule has 1 fully saturated rings. The fourth-order valence-corrected chi connectivity index (χ4v) is 4.44. The van der Waals surface area contributed by atoms with E-state index in [4.69, 9.17) is 28.6 Å². The lowest BCUT2D eigenvalue weighted by molar-refractivity contribution is -0.122. The Balaban J connectivity index is 1.40. The Bertz CT molecular complexity index is 1610. The van der Waals surface area contributed by atoms with Gasteiger partial charge < -0.3 is 9.30 Å². The number of ketones is 1. The lowest BCUT2D eigenvalue weighted by Gasteiger charge is -2.29. The number of nitrogens with zero attached hydrogens (tertiary/aromatic N) is 2. The highest BCUT2D eigenvalue weighted by Crippen LogP contribution is 2.27. The summed E-state index contributed by atoms with van der Waals surface area (Å²) >= 11 is 11.3. The van der Waals surface area contributed by atoms with Crippen molar-refractivity contribution in [2.75, 3.05) is 4.90 Å². The highest BCUT2D eigenvalue weighted by molar-refractivity contribution is 7.80. The van der Waals surface area contributed by atoms with Crippen LogP contribution in [0.15, 0.2) is 96.7 Å². The van der Waals surface area contributed by atoms with Gasteiger partial charge in [0.2, 0.25) is 0 Å². The minimum absolute atomic E-state index is 0.0300. The van der Waals surface area contributed by atoms with Crippen LogP contribution in [-0.4, -0.2) is 27.3 Å². The average Bonchev–Trinajstić information content (AvgIpc) is 3.27. The van der Waals surface area contributed by atoms with E-state index in [0.717, 1.165) is 0 Å². The van der Waals surface area contributed by atoms with Crippen molar-refractivity contribution in [2.24, 2.45) is 7.05 Å². The quantitative estimate of drug-likeness (QED) is 0.150. The molecule has 3 aromatic carbocycles. The molecule has 0 saturated carbocycles. The summed E-state index contributed by atoms with van der Waals surface area (Å²) in [6.07, 6.45) is 3.07. The van der Waals surface area contributed by atoms with Crippen molar-refractivity contribution in [1.82, 2.24) is 9.88 Å². The average molecular weight is 542 g/mol. The first kappa shape index (κ1) is 25.1. The Morgan fingerprint density at radius 3 is 2.34 bits per heavy atom. The van der Waals surface area contributed by atoms with Gasteiger partial charge in [0, 0.05) is 35.1 Å². The maximum atomic E-state index is 13.4. The molecule has 0 unspecified atom stereocenters. The van der Waals surface area contributed by atoms with Crippen LogP contribution < -0.4 is 15.0 Å². The fraction of sp³-hybridized carbons (Fsp3) is 0.0345. The molecule has 188 valence electrons. The summed E-state index contributed by atoms with van der Waals surface area (Å²) in [6.45, 7) is 0. The topological polar surface area (TPSA) is 80.6 Å². The normalized spacial score (nSPS) is 14.5. The van der Waals surface area contributed by atoms with Crippen LogP contribution in [-0.2, 0) is 16.6 Å². The first-order valence-electron chi connectivity index (χ1n) is 11.5. The molecular weight excluding hydrogens is 522 g/mol. The zero-order valence-corrected chi connectivity index (χ0v) is 21.6. The van der Waals surface area contributed by atoms with Crippen LogP contribution in [0.3, 0.4) is 0 Å². The van der Waals surface area contributed by atoms with Gasteiger partial charge in [-0.15, -0.1) is 0 Å². The third-order valence-corrected chi connectivity index (χ3v) is 6.38. The second-order valence-electron chi connectivity index (χ2n) is 8.47. The number of ether oxygens (including phenoxy) is 1. The van der Waals surface area contributed by atoms with Gasteiger partial charge >= 0.3 is 0 Å². The number of carbonyl (C=O) groups excluding carboxylic acids is 3. The first-order chi connectivity index (χ1) is 18.3.